The molecule has 4 aliphatic rings. The van der Waals surface area contributed by atoms with Crippen LogP contribution in [0, 0.1) is 0 Å². The third kappa shape index (κ3) is 4.14. The first-order chi connectivity index (χ1) is 13.8. The predicted molar refractivity (Wildman–Crippen MR) is 106 cm³/mol. The Labute approximate surface area is 171 Å². The Morgan fingerprint density at radius 1 is 1.10 bits per heavy atom. The summed E-state index contributed by atoms with van der Waals surface area (Å²) in [5.41, 5.74) is -0.689. The van der Waals surface area contributed by atoms with Gasteiger partial charge in [0.1, 0.15) is 5.54 Å². The van der Waals surface area contributed by atoms with Crippen LogP contribution in [0.4, 0.5) is 4.79 Å². The lowest BCUT2D eigenvalue weighted by Crippen LogP contribution is -2.52. The fourth-order valence-electron chi connectivity index (χ4n) is 5.14. The second kappa shape index (κ2) is 7.86. The van der Waals surface area contributed by atoms with E-state index in [9.17, 15) is 22.8 Å². The smallest absolute Gasteiger partial charge is 0.325 e. The Bertz CT molecular complexity index is 784. The largest absolute Gasteiger partial charge is 0.340 e. The number of sulfone groups is 1. The molecule has 0 aromatic rings. The van der Waals surface area contributed by atoms with Gasteiger partial charge in [-0.1, -0.05) is 12.8 Å². The van der Waals surface area contributed by atoms with Gasteiger partial charge in [-0.15, -0.1) is 0 Å². The van der Waals surface area contributed by atoms with Crippen LogP contribution < -0.4 is 5.32 Å². The summed E-state index contributed by atoms with van der Waals surface area (Å²) < 4.78 is 23.3. The summed E-state index contributed by atoms with van der Waals surface area (Å²) in [7, 11) is -2.90. The second-order valence-corrected chi connectivity index (χ2v) is 11.0. The maximum absolute atomic E-state index is 12.6. The minimum Gasteiger partial charge on any atom is -0.340 e. The van der Waals surface area contributed by atoms with Gasteiger partial charge < -0.3 is 10.2 Å². The number of hydrogen-bond acceptors (Lipinski definition) is 6. The van der Waals surface area contributed by atoms with Crippen LogP contribution in [0.5, 0.6) is 0 Å². The van der Waals surface area contributed by atoms with Gasteiger partial charge in [0, 0.05) is 45.2 Å². The van der Waals surface area contributed by atoms with E-state index in [1.54, 1.807) is 0 Å². The zero-order valence-electron chi connectivity index (χ0n) is 16.8. The zero-order valence-corrected chi connectivity index (χ0v) is 17.6. The van der Waals surface area contributed by atoms with Crippen molar-refractivity contribution in [1.82, 2.24) is 20.0 Å². The summed E-state index contributed by atoms with van der Waals surface area (Å²) in [6, 6.07) is -0.246. The van der Waals surface area contributed by atoms with E-state index in [-0.39, 0.29) is 41.9 Å². The number of urea groups is 1. The Balaban J connectivity index is 1.20. The van der Waals surface area contributed by atoms with Gasteiger partial charge in [-0.25, -0.2) is 13.2 Å². The summed E-state index contributed by atoms with van der Waals surface area (Å²) in [6.07, 6.45) is 4.79. The van der Waals surface area contributed by atoms with Crippen molar-refractivity contribution in [2.45, 2.75) is 56.5 Å². The van der Waals surface area contributed by atoms with Crippen LogP contribution >= 0.6 is 0 Å². The molecule has 3 heterocycles. The topological polar surface area (TPSA) is 107 Å². The number of rotatable bonds is 5. The molecule has 4 rings (SSSR count). The predicted octanol–water partition coefficient (Wildman–Crippen LogP) is -0.0375. The van der Waals surface area contributed by atoms with E-state index in [2.05, 4.69) is 10.2 Å². The fraction of sp³-hybridized carbons (Fsp3) is 0.842. The minimum atomic E-state index is -2.90. The molecule has 10 heteroatoms. The minimum absolute atomic E-state index is 0.0336. The molecule has 1 spiro atoms. The Hall–Kier alpha value is -1.68. The Kier molecular flexibility index (Phi) is 5.58. The molecular formula is C19H30N4O5S. The third-order valence-corrected chi connectivity index (χ3v) is 8.62. The highest BCUT2D eigenvalue weighted by Crippen LogP contribution is 2.35. The van der Waals surface area contributed by atoms with Crippen molar-refractivity contribution in [3.8, 4) is 0 Å². The van der Waals surface area contributed by atoms with E-state index in [1.165, 1.54) is 4.90 Å². The summed E-state index contributed by atoms with van der Waals surface area (Å²) in [4.78, 5) is 42.6. The quantitative estimate of drug-likeness (QED) is 0.619. The molecule has 162 valence electrons. The van der Waals surface area contributed by atoms with Crippen molar-refractivity contribution in [2.75, 3.05) is 44.2 Å². The first kappa shape index (κ1) is 20.6. The average molecular weight is 427 g/mol. The number of nitrogens with one attached hydrogen (secondary N) is 1. The monoisotopic (exact) mass is 426 g/mol. The maximum Gasteiger partial charge on any atom is 0.325 e. The molecule has 1 saturated carbocycles. The number of carbonyl (C=O) groups is 3. The lowest BCUT2D eigenvalue weighted by Gasteiger charge is -2.37. The highest BCUT2D eigenvalue weighted by atomic mass is 32.2. The maximum atomic E-state index is 12.6. The van der Waals surface area contributed by atoms with Crippen LogP contribution in [0.2, 0.25) is 0 Å². The molecule has 1 aliphatic carbocycles. The summed E-state index contributed by atoms with van der Waals surface area (Å²) >= 11 is 0. The average Bonchev–Trinajstić information content (AvgIpc) is 3.36. The van der Waals surface area contributed by atoms with Crippen LogP contribution in [0.25, 0.3) is 0 Å². The lowest BCUT2D eigenvalue weighted by atomic mass is 9.98. The number of nitrogens with zero attached hydrogens (tertiary/aromatic N) is 3. The summed E-state index contributed by atoms with van der Waals surface area (Å²) in [6.45, 7) is 2.87. The number of carbonyl (C=O) groups excluding carboxylic acids is 3. The highest BCUT2D eigenvalue weighted by molar-refractivity contribution is 7.91. The van der Waals surface area contributed by atoms with E-state index in [0.717, 1.165) is 12.8 Å². The Morgan fingerprint density at radius 2 is 1.79 bits per heavy atom. The molecule has 0 aromatic heterocycles. The number of imide groups is 1. The molecule has 4 fully saturated rings. The van der Waals surface area contributed by atoms with E-state index >= 15 is 0 Å². The normalized spacial score (nSPS) is 29.0. The SMILES string of the molecule is O=C(CCCN1C(=O)NC2(CCCC2)C1=O)N1CCN([C@H]2CCS(=O)(=O)C2)CC1. The lowest BCUT2D eigenvalue weighted by molar-refractivity contribution is -0.134. The first-order valence-electron chi connectivity index (χ1n) is 10.7. The van der Waals surface area contributed by atoms with E-state index < -0.39 is 15.4 Å². The van der Waals surface area contributed by atoms with Gasteiger partial charge >= 0.3 is 6.03 Å². The summed E-state index contributed by atoms with van der Waals surface area (Å²) in [5.74, 6) is 0.397. The van der Waals surface area contributed by atoms with Crippen LogP contribution in [-0.2, 0) is 19.4 Å². The molecule has 3 saturated heterocycles. The van der Waals surface area contributed by atoms with E-state index in [0.29, 0.717) is 58.3 Å². The van der Waals surface area contributed by atoms with Crippen molar-refractivity contribution in [3.63, 3.8) is 0 Å². The molecule has 29 heavy (non-hydrogen) atoms. The van der Waals surface area contributed by atoms with Crippen molar-refractivity contribution in [2.24, 2.45) is 0 Å². The molecule has 3 aliphatic heterocycles. The molecule has 1 N–H and O–H groups in total. The van der Waals surface area contributed by atoms with Gasteiger partial charge in [-0.3, -0.25) is 19.4 Å². The van der Waals surface area contributed by atoms with Crippen molar-refractivity contribution >= 4 is 27.7 Å². The third-order valence-electron chi connectivity index (χ3n) is 6.87. The Morgan fingerprint density at radius 3 is 2.41 bits per heavy atom. The number of amides is 4. The van der Waals surface area contributed by atoms with Crippen molar-refractivity contribution < 1.29 is 22.8 Å². The fourth-order valence-corrected chi connectivity index (χ4v) is 6.90. The molecule has 0 aromatic carbocycles. The van der Waals surface area contributed by atoms with E-state index in [1.807, 2.05) is 4.90 Å². The summed E-state index contributed by atoms with van der Waals surface area (Å²) in [5, 5.41) is 2.86. The molecule has 9 nitrogen and oxygen atoms in total. The van der Waals surface area contributed by atoms with Crippen LogP contribution in [-0.4, -0.2) is 96.8 Å². The van der Waals surface area contributed by atoms with Crippen molar-refractivity contribution in [1.29, 1.82) is 0 Å². The number of hydrogen-bond donors (Lipinski definition) is 1. The van der Waals surface area contributed by atoms with Crippen LogP contribution in [0.3, 0.4) is 0 Å². The molecule has 4 amide bonds. The second-order valence-electron chi connectivity index (χ2n) is 8.75. The first-order valence-corrected chi connectivity index (χ1v) is 12.5. The number of piperazine rings is 1. The van der Waals surface area contributed by atoms with Crippen LogP contribution in [0.15, 0.2) is 0 Å². The molecule has 0 radical (unpaired) electrons. The zero-order chi connectivity index (χ0) is 20.6. The van der Waals surface area contributed by atoms with Gasteiger partial charge in [0.05, 0.1) is 11.5 Å². The molecule has 0 unspecified atom stereocenters. The highest BCUT2D eigenvalue weighted by Gasteiger charge is 2.52. The van der Waals surface area contributed by atoms with E-state index in [4.69, 9.17) is 0 Å². The van der Waals surface area contributed by atoms with Gasteiger partial charge in [0.2, 0.25) is 5.91 Å². The van der Waals surface area contributed by atoms with Gasteiger partial charge in [0.25, 0.3) is 5.91 Å². The van der Waals surface area contributed by atoms with Crippen LogP contribution in [0.1, 0.15) is 44.9 Å². The molecular weight excluding hydrogens is 396 g/mol. The van der Waals surface area contributed by atoms with Gasteiger partial charge in [-0.2, -0.15) is 0 Å². The van der Waals surface area contributed by atoms with Gasteiger partial charge in [-0.05, 0) is 25.7 Å². The standard InChI is InChI=1S/C19H30N4O5S/c24-16(22-11-9-21(10-12-22)15-5-13-29(27,28)14-15)4-3-8-23-17(25)19(20-18(23)26)6-1-2-7-19/h15H,1-14H2,(H,20,26)/t15-/m0/s1. The molecule has 1 atom stereocenters. The van der Waals surface area contributed by atoms with Gasteiger partial charge in [0.15, 0.2) is 9.84 Å². The van der Waals surface area contributed by atoms with Crippen molar-refractivity contribution in [3.05, 3.63) is 0 Å². The molecule has 0 bridgehead atoms.